The molecule has 0 bridgehead atoms. The highest BCUT2D eigenvalue weighted by Crippen LogP contribution is 2.25. The van der Waals surface area contributed by atoms with Gasteiger partial charge in [-0.15, -0.1) is 12.8 Å². The number of benzene rings is 3. The van der Waals surface area contributed by atoms with E-state index < -0.39 is 0 Å². The molecule has 0 aromatic heterocycles. The van der Waals surface area contributed by atoms with Gasteiger partial charge < -0.3 is 29.1 Å². The van der Waals surface area contributed by atoms with Crippen LogP contribution >= 0.6 is 0 Å². The summed E-state index contributed by atoms with van der Waals surface area (Å²) >= 11 is 0. The van der Waals surface area contributed by atoms with Gasteiger partial charge in [0.2, 0.25) is 0 Å². The Morgan fingerprint density at radius 2 is 1.54 bits per heavy atom. The van der Waals surface area contributed by atoms with Crippen molar-refractivity contribution in [3.05, 3.63) is 83.4 Å². The summed E-state index contributed by atoms with van der Waals surface area (Å²) in [5.41, 5.74) is 5.19. The van der Waals surface area contributed by atoms with E-state index in [1.54, 1.807) is 13.2 Å². The van der Waals surface area contributed by atoms with Crippen LogP contribution in [0.15, 0.2) is 66.7 Å². The van der Waals surface area contributed by atoms with Gasteiger partial charge in [0.1, 0.15) is 23.9 Å². The third kappa shape index (κ3) is 12.2. The van der Waals surface area contributed by atoms with Crippen molar-refractivity contribution in [1.29, 1.82) is 0 Å². The van der Waals surface area contributed by atoms with E-state index in [-0.39, 0.29) is 0 Å². The monoisotopic (exact) mass is 560 g/mol. The highest BCUT2D eigenvalue weighted by atomic mass is 16.5. The van der Waals surface area contributed by atoms with Crippen LogP contribution in [0.3, 0.4) is 0 Å². The summed E-state index contributed by atoms with van der Waals surface area (Å²) in [4.78, 5) is 4.54. The smallest absolute Gasteiger partial charge is 0.120 e. The zero-order chi connectivity index (χ0) is 29.9. The number of phenols is 1. The third-order valence-electron chi connectivity index (χ3n) is 6.99. The Hall–Kier alpha value is -3.66. The van der Waals surface area contributed by atoms with Gasteiger partial charge in [0.15, 0.2) is 0 Å². The highest BCUT2D eigenvalue weighted by molar-refractivity contribution is 5.51. The molecular weight excluding hydrogens is 512 g/mol. The maximum absolute atomic E-state index is 9.19. The number of likely N-dealkylation sites (N-methyl/N-ethyl adjacent to an activating group) is 1. The van der Waals surface area contributed by atoms with Crippen LogP contribution < -0.4 is 14.4 Å². The van der Waals surface area contributed by atoms with Crippen LogP contribution in [0, 0.1) is 12.8 Å². The second-order valence-electron chi connectivity index (χ2n) is 9.87. The standard InChI is InChI=1S/C23H34N2O3.C10H12O.C2H2/c1-5-25(21-8-7-9-23(18-21)26-4)19-20-10-12-22(13-11-20)28-17-15-24(3)14-16-27-6-2;11-10-6-5-8-3-1-2-4-9(8)7-10;1-2/h7-13,18H,5-6,14-17,19H2,1-4H3;5-7,11H,1-4H2;1-2H. The summed E-state index contributed by atoms with van der Waals surface area (Å²) in [5, 5.41) is 9.19. The van der Waals surface area contributed by atoms with E-state index in [1.165, 1.54) is 36.0 Å². The Labute approximate surface area is 247 Å². The van der Waals surface area contributed by atoms with Crippen molar-refractivity contribution in [3.8, 4) is 30.1 Å². The molecule has 0 radical (unpaired) electrons. The molecule has 1 N–H and O–H groups in total. The Morgan fingerprint density at radius 3 is 2.22 bits per heavy atom. The van der Waals surface area contributed by atoms with Crippen LogP contribution in [0.5, 0.6) is 17.2 Å². The first kappa shape index (κ1) is 33.5. The second-order valence-corrected chi connectivity index (χ2v) is 9.87. The van der Waals surface area contributed by atoms with E-state index in [2.05, 4.69) is 73.0 Å². The van der Waals surface area contributed by atoms with Gasteiger partial charge in [-0.05, 0) is 99.7 Å². The molecule has 0 spiro atoms. The molecule has 1 aliphatic rings. The lowest BCUT2D eigenvalue weighted by atomic mass is 9.92. The molecule has 3 aromatic rings. The average molecular weight is 561 g/mol. The molecule has 41 heavy (non-hydrogen) atoms. The first-order valence-corrected chi connectivity index (χ1v) is 14.5. The number of hydrogen-bond donors (Lipinski definition) is 1. The molecule has 0 saturated carbocycles. The molecular formula is C35H48N2O4. The molecule has 6 heteroatoms. The number of rotatable bonds is 13. The summed E-state index contributed by atoms with van der Waals surface area (Å²) < 4.78 is 16.6. The van der Waals surface area contributed by atoms with E-state index in [0.717, 1.165) is 63.0 Å². The molecule has 222 valence electrons. The molecule has 0 fully saturated rings. The minimum absolute atomic E-state index is 0.408. The number of methoxy groups -OCH3 is 1. The Bertz CT molecular complexity index is 1150. The number of nitrogens with zero attached hydrogens (tertiary/aromatic N) is 2. The molecule has 4 rings (SSSR count). The third-order valence-corrected chi connectivity index (χ3v) is 6.99. The number of aryl methyl sites for hydroxylation is 2. The maximum atomic E-state index is 9.19. The van der Waals surface area contributed by atoms with Crippen molar-refractivity contribution < 1.29 is 19.3 Å². The largest absolute Gasteiger partial charge is 0.508 e. The summed E-state index contributed by atoms with van der Waals surface area (Å²) in [5.74, 6) is 2.20. The Morgan fingerprint density at radius 1 is 0.829 bits per heavy atom. The Kier molecular flexibility index (Phi) is 15.9. The van der Waals surface area contributed by atoms with Gasteiger partial charge in [0, 0.05) is 44.5 Å². The predicted molar refractivity (Wildman–Crippen MR) is 170 cm³/mol. The molecule has 0 aliphatic heterocycles. The van der Waals surface area contributed by atoms with Crippen molar-refractivity contribution >= 4 is 5.69 Å². The SMILES string of the molecule is C#C.CCOCCN(C)CCOc1ccc(CN(CC)c2cccc(OC)c2)cc1.Oc1ccc2c(c1)CCCC2. The van der Waals surface area contributed by atoms with Crippen molar-refractivity contribution in [2.45, 2.75) is 46.1 Å². The number of hydrogen-bond acceptors (Lipinski definition) is 6. The lowest BCUT2D eigenvalue weighted by molar-refractivity contribution is 0.116. The fraction of sp³-hybridized carbons (Fsp3) is 0.429. The van der Waals surface area contributed by atoms with Crippen LogP contribution in [-0.2, 0) is 24.1 Å². The zero-order valence-electron chi connectivity index (χ0n) is 25.4. The van der Waals surface area contributed by atoms with Crippen molar-refractivity contribution in [1.82, 2.24) is 4.90 Å². The minimum atomic E-state index is 0.408. The molecule has 0 saturated heterocycles. The van der Waals surface area contributed by atoms with Crippen molar-refractivity contribution in [2.75, 3.05) is 58.5 Å². The summed E-state index contributed by atoms with van der Waals surface area (Å²) in [6.07, 6.45) is 12.9. The molecule has 0 unspecified atom stereocenters. The van der Waals surface area contributed by atoms with E-state index >= 15 is 0 Å². The van der Waals surface area contributed by atoms with E-state index in [4.69, 9.17) is 14.2 Å². The fourth-order valence-electron chi connectivity index (χ4n) is 4.62. The quantitative estimate of drug-likeness (QED) is 0.188. The second kappa shape index (κ2) is 19.4. The van der Waals surface area contributed by atoms with Crippen LogP contribution in [0.2, 0.25) is 0 Å². The van der Waals surface area contributed by atoms with Gasteiger partial charge in [0.05, 0.1) is 13.7 Å². The van der Waals surface area contributed by atoms with Gasteiger partial charge in [-0.1, -0.05) is 24.3 Å². The van der Waals surface area contributed by atoms with Crippen LogP contribution in [0.25, 0.3) is 0 Å². The van der Waals surface area contributed by atoms with Gasteiger partial charge in [-0.3, -0.25) is 0 Å². The molecule has 6 nitrogen and oxygen atoms in total. The van der Waals surface area contributed by atoms with Crippen molar-refractivity contribution in [2.24, 2.45) is 0 Å². The summed E-state index contributed by atoms with van der Waals surface area (Å²) in [7, 11) is 3.79. The summed E-state index contributed by atoms with van der Waals surface area (Å²) in [6.45, 7) is 9.98. The lowest BCUT2D eigenvalue weighted by Crippen LogP contribution is -2.27. The molecule has 0 atom stereocenters. The molecule has 0 amide bonds. The van der Waals surface area contributed by atoms with E-state index in [9.17, 15) is 5.11 Å². The fourth-order valence-corrected chi connectivity index (χ4v) is 4.62. The van der Waals surface area contributed by atoms with Crippen LogP contribution in [0.4, 0.5) is 5.69 Å². The average Bonchev–Trinajstić information content (AvgIpc) is 3.02. The first-order valence-electron chi connectivity index (χ1n) is 14.5. The Balaban J connectivity index is 0.000000372. The molecule has 0 heterocycles. The summed E-state index contributed by atoms with van der Waals surface area (Å²) in [6, 6.07) is 22.3. The number of ether oxygens (including phenoxy) is 3. The normalized spacial score (nSPS) is 11.8. The number of aromatic hydroxyl groups is 1. The van der Waals surface area contributed by atoms with Crippen LogP contribution in [0.1, 0.15) is 43.4 Å². The van der Waals surface area contributed by atoms with Crippen LogP contribution in [-0.4, -0.2) is 63.6 Å². The number of anilines is 1. The molecule has 3 aromatic carbocycles. The minimum Gasteiger partial charge on any atom is -0.508 e. The number of phenolic OH excluding ortho intramolecular Hbond substituents is 1. The van der Waals surface area contributed by atoms with E-state index in [1.807, 2.05) is 31.2 Å². The van der Waals surface area contributed by atoms with Gasteiger partial charge in [-0.2, -0.15) is 0 Å². The highest BCUT2D eigenvalue weighted by Gasteiger charge is 2.09. The first-order chi connectivity index (χ1) is 20.0. The van der Waals surface area contributed by atoms with Gasteiger partial charge in [0.25, 0.3) is 0 Å². The lowest BCUT2D eigenvalue weighted by Gasteiger charge is -2.24. The maximum Gasteiger partial charge on any atom is 0.120 e. The van der Waals surface area contributed by atoms with Crippen molar-refractivity contribution in [3.63, 3.8) is 0 Å². The molecule has 1 aliphatic carbocycles. The zero-order valence-corrected chi connectivity index (χ0v) is 25.4. The predicted octanol–water partition coefficient (Wildman–Crippen LogP) is 6.59. The topological polar surface area (TPSA) is 54.4 Å². The van der Waals surface area contributed by atoms with Gasteiger partial charge in [-0.25, -0.2) is 0 Å². The number of fused-ring (bicyclic) bond motifs is 1. The van der Waals surface area contributed by atoms with E-state index in [0.29, 0.717) is 12.4 Å². The number of terminal acetylenes is 1. The van der Waals surface area contributed by atoms with Gasteiger partial charge >= 0.3 is 0 Å².